The molecule has 33 heavy (non-hydrogen) atoms. The maximum Gasteiger partial charge on any atom is 0.449 e. The molecule has 0 saturated heterocycles. The van der Waals surface area contributed by atoms with Crippen molar-refractivity contribution < 1.29 is 22.7 Å². The Morgan fingerprint density at radius 1 is 1.03 bits per heavy atom. The number of hydrogen-bond donors (Lipinski definition) is 1. The van der Waals surface area contributed by atoms with E-state index in [0.29, 0.717) is 17.9 Å². The van der Waals surface area contributed by atoms with Crippen molar-refractivity contribution in [3.8, 4) is 5.75 Å². The maximum atomic E-state index is 13.4. The number of halogens is 3. The number of aromatic nitrogens is 2. The number of hydrogen-bond acceptors (Lipinski definition) is 4. The van der Waals surface area contributed by atoms with Crippen LogP contribution >= 0.6 is 0 Å². The van der Waals surface area contributed by atoms with Crippen molar-refractivity contribution in [2.75, 3.05) is 0 Å². The molecule has 0 atom stereocenters. The van der Waals surface area contributed by atoms with E-state index in [2.05, 4.69) is 15.5 Å². The molecule has 0 unspecified atom stereocenters. The van der Waals surface area contributed by atoms with Crippen LogP contribution in [0.3, 0.4) is 0 Å². The van der Waals surface area contributed by atoms with Crippen LogP contribution in [0.4, 0.5) is 13.2 Å². The first-order valence-electron chi connectivity index (χ1n) is 10.0. The van der Waals surface area contributed by atoms with Crippen LogP contribution < -0.4 is 10.2 Å². The number of carbonyl (C=O) groups excluding carboxylic acids is 1. The smallest absolute Gasteiger partial charge is 0.449 e. The highest BCUT2D eigenvalue weighted by Crippen LogP contribution is 2.31. The van der Waals surface area contributed by atoms with Crippen molar-refractivity contribution in [2.24, 2.45) is 5.10 Å². The van der Waals surface area contributed by atoms with Crippen molar-refractivity contribution in [3.63, 3.8) is 0 Å². The number of para-hydroxylation sites is 2. The molecule has 0 spiro atoms. The molecule has 1 aromatic heterocycles. The molecule has 1 heterocycles. The van der Waals surface area contributed by atoms with E-state index in [1.807, 2.05) is 30.3 Å². The van der Waals surface area contributed by atoms with Crippen molar-refractivity contribution in [1.29, 1.82) is 0 Å². The maximum absolute atomic E-state index is 13.4. The molecule has 0 aliphatic carbocycles. The molecule has 3 aromatic carbocycles. The number of imidazole rings is 1. The van der Waals surface area contributed by atoms with Gasteiger partial charge in [0.1, 0.15) is 18.9 Å². The van der Waals surface area contributed by atoms with Gasteiger partial charge in [0.2, 0.25) is 5.82 Å². The molecule has 168 valence electrons. The van der Waals surface area contributed by atoms with Gasteiger partial charge in [-0.1, -0.05) is 54.6 Å². The van der Waals surface area contributed by atoms with E-state index in [1.54, 1.807) is 36.4 Å². The van der Waals surface area contributed by atoms with Crippen molar-refractivity contribution in [3.05, 3.63) is 95.8 Å². The van der Waals surface area contributed by atoms with Gasteiger partial charge in [0.05, 0.1) is 17.2 Å². The molecule has 4 rings (SSSR count). The second kappa shape index (κ2) is 9.56. The Hall–Kier alpha value is -4.14. The Morgan fingerprint density at radius 2 is 1.79 bits per heavy atom. The Morgan fingerprint density at radius 3 is 2.58 bits per heavy atom. The van der Waals surface area contributed by atoms with Gasteiger partial charge in [-0.2, -0.15) is 18.3 Å². The van der Waals surface area contributed by atoms with E-state index in [9.17, 15) is 18.0 Å². The van der Waals surface area contributed by atoms with Gasteiger partial charge in [-0.05, 0) is 35.4 Å². The van der Waals surface area contributed by atoms with E-state index in [0.717, 1.165) is 10.1 Å². The Balaban J connectivity index is 1.40. The summed E-state index contributed by atoms with van der Waals surface area (Å²) < 4.78 is 46.7. The molecular weight excluding hydrogens is 433 g/mol. The molecule has 0 aliphatic heterocycles. The Labute approximate surface area is 187 Å². The summed E-state index contributed by atoms with van der Waals surface area (Å²) in [6.07, 6.45) is -3.30. The van der Waals surface area contributed by atoms with Gasteiger partial charge in [-0.15, -0.1) is 0 Å². The predicted molar refractivity (Wildman–Crippen MR) is 118 cm³/mol. The van der Waals surface area contributed by atoms with E-state index >= 15 is 0 Å². The average molecular weight is 452 g/mol. The third-order valence-electron chi connectivity index (χ3n) is 4.72. The average Bonchev–Trinajstić information content (AvgIpc) is 3.18. The molecule has 6 nitrogen and oxygen atoms in total. The fraction of sp³-hybridized carbons (Fsp3) is 0.125. The van der Waals surface area contributed by atoms with Crippen LogP contribution in [0.15, 0.2) is 84.0 Å². The number of rotatable bonds is 7. The molecule has 0 radical (unpaired) electrons. The number of benzene rings is 3. The molecule has 4 aromatic rings. The first kappa shape index (κ1) is 22.1. The van der Waals surface area contributed by atoms with Crippen LogP contribution in [0.25, 0.3) is 11.0 Å². The highest BCUT2D eigenvalue weighted by molar-refractivity contribution is 5.84. The van der Waals surface area contributed by atoms with E-state index in [1.165, 1.54) is 18.3 Å². The van der Waals surface area contributed by atoms with Gasteiger partial charge < -0.3 is 9.30 Å². The molecule has 0 fully saturated rings. The standard InChI is InChI=1S/C24H19F3N4O2/c25-24(26,27)23-29-20-11-4-5-12-21(20)31(23)15-22(32)30-28-14-18-9-6-10-19(13-18)33-16-17-7-2-1-3-8-17/h1-14H,15-16H2,(H,30,32). The largest absolute Gasteiger partial charge is 0.489 e. The monoisotopic (exact) mass is 452 g/mol. The summed E-state index contributed by atoms with van der Waals surface area (Å²) >= 11 is 0. The normalized spacial score (nSPS) is 11.7. The van der Waals surface area contributed by atoms with Gasteiger partial charge >= 0.3 is 6.18 Å². The summed E-state index contributed by atoms with van der Waals surface area (Å²) in [5.41, 5.74) is 4.32. The first-order valence-corrected chi connectivity index (χ1v) is 10.0. The van der Waals surface area contributed by atoms with E-state index in [4.69, 9.17) is 4.74 Å². The summed E-state index contributed by atoms with van der Waals surface area (Å²) in [6, 6.07) is 22.9. The summed E-state index contributed by atoms with van der Waals surface area (Å²) in [4.78, 5) is 15.9. The summed E-state index contributed by atoms with van der Waals surface area (Å²) in [7, 11) is 0. The van der Waals surface area contributed by atoms with Gasteiger partial charge in [0, 0.05) is 0 Å². The number of hydrazone groups is 1. The van der Waals surface area contributed by atoms with Crippen molar-refractivity contribution in [2.45, 2.75) is 19.3 Å². The molecule has 1 amide bonds. The van der Waals surface area contributed by atoms with Crippen LogP contribution in [0.2, 0.25) is 0 Å². The van der Waals surface area contributed by atoms with Crippen LogP contribution in [-0.4, -0.2) is 21.7 Å². The zero-order chi connectivity index (χ0) is 23.3. The number of ether oxygens (including phenoxy) is 1. The third-order valence-corrected chi connectivity index (χ3v) is 4.72. The summed E-state index contributed by atoms with van der Waals surface area (Å²) in [5.74, 6) is -1.23. The fourth-order valence-electron chi connectivity index (χ4n) is 3.24. The highest BCUT2D eigenvalue weighted by atomic mass is 19.4. The van der Waals surface area contributed by atoms with Gasteiger partial charge in [0.25, 0.3) is 5.91 Å². The minimum Gasteiger partial charge on any atom is -0.489 e. The van der Waals surface area contributed by atoms with Gasteiger partial charge in [0.15, 0.2) is 0 Å². The second-order valence-corrected chi connectivity index (χ2v) is 7.15. The van der Waals surface area contributed by atoms with Crippen LogP contribution in [0, 0.1) is 0 Å². The van der Waals surface area contributed by atoms with Crippen LogP contribution in [0.1, 0.15) is 17.0 Å². The molecule has 0 bridgehead atoms. The zero-order valence-electron chi connectivity index (χ0n) is 17.3. The summed E-state index contributed by atoms with van der Waals surface area (Å²) in [6.45, 7) is -0.175. The van der Waals surface area contributed by atoms with Gasteiger partial charge in [-0.3, -0.25) is 4.79 Å². The van der Waals surface area contributed by atoms with E-state index in [-0.39, 0.29) is 11.0 Å². The van der Waals surface area contributed by atoms with Crippen molar-refractivity contribution >= 4 is 23.2 Å². The topological polar surface area (TPSA) is 68.5 Å². The quantitative estimate of drug-likeness (QED) is 0.324. The van der Waals surface area contributed by atoms with Gasteiger partial charge in [-0.25, -0.2) is 10.4 Å². The Bertz CT molecular complexity index is 1280. The lowest BCUT2D eigenvalue weighted by Gasteiger charge is -2.10. The number of fused-ring (bicyclic) bond motifs is 1. The second-order valence-electron chi connectivity index (χ2n) is 7.15. The number of nitrogens with zero attached hydrogens (tertiary/aromatic N) is 3. The number of alkyl halides is 3. The molecular formula is C24H19F3N4O2. The molecule has 0 aliphatic rings. The third kappa shape index (κ3) is 5.57. The minimum absolute atomic E-state index is 0.161. The summed E-state index contributed by atoms with van der Waals surface area (Å²) in [5, 5.41) is 3.86. The van der Waals surface area contributed by atoms with Crippen LogP contribution in [-0.2, 0) is 24.1 Å². The van der Waals surface area contributed by atoms with Crippen LogP contribution in [0.5, 0.6) is 5.75 Å². The molecule has 0 saturated carbocycles. The van der Waals surface area contributed by atoms with E-state index < -0.39 is 24.5 Å². The number of amides is 1. The molecule has 9 heteroatoms. The number of carbonyl (C=O) groups is 1. The predicted octanol–water partition coefficient (Wildman–Crippen LogP) is 4.78. The highest BCUT2D eigenvalue weighted by Gasteiger charge is 2.37. The minimum atomic E-state index is -4.69. The lowest BCUT2D eigenvalue weighted by molar-refractivity contribution is -0.147. The lowest BCUT2D eigenvalue weighted by Crippen LogP contribution is -2.26. The lowest BCUT2D eigenvalue weighted by atomic mass is 10.2. The first-order chi connectivity index (χ1) is 15.9. The number of nitrogens with one attached hydrogen (secondary N) is 1. The molecule has 1 N–H and O–H groups in total. The fourth-order valence-corrected chi connectivity index (χ4v) is 3.24. The zero-order valence-corrected chi connectivity index (χ0v) is 17.3. The SMILES string of the molecule is O=C(Cn1c(C(F)(F)F)nc2ccccc21)NN=Cc1cccc(OCc2ccccc2)c1. The Kier molecular flexibility index (Phi) is 6.39. The van der Waals surface area contributed by atoms with Crippen molar-refractivity contribution in [1.82, 2.24) is 15.0 Å².